The number of nitrogens with one attached hydrogen (secondary N) is 1. The van der Waals surface area contributed by atoms with E-state index in [-0.39, 0.29) is 24.4 Å². The normalized spacial score (nSPS) is 13.6. The van der Waals surface area contributed by atoms with Gasteiger partial charge in [0.15, 0.2) is 0 Å². The van der Waals surface area contributed by atoms with Crippen molar-refractivity contribution in [1.82, 2.24) is 14.9 Å². The maximum atomic E-state index is 13.3. The molecule has 5 rings (SSSR count). The first-order valence-corrected chi connectivity index (χ1v) is 14.7. The lowest BCUT2D eigenvalue weighted by atomic mass is 10.0. The quantitative estimate of drug-likeness (QED) is 0.254. The number of piperazine rings is 1. The number of carbonyl (C=O) groups excluding carboxylic acids is 2. The van der Waals surface area contributed by atoms with Crippen LogP contribution in [0.2, 0.25) is 0 Å². The molecule has 1 saturated heterocycles. The van der Waals surface area contributed by atoms with Gasteiger partial charge in [-0.15, -0.1) is 11.3 Å². The summed E-state index contributed by atoms with van der Waals surface area (Å²) in [5, 5.41) is 3.79. The third-order valence-corrected chi connectivity index (χ3v) is 8.18. The van der Waals surface area contributed by atoms with Crippen LogP contribution in [-0.4, -0.2) is 66.1 Å². The molecule has 2 amide bonds. The molecule has 40 heavy (non-hydrogen) atoms. The first-order valence-electron chi connectivity index (χ1n) is 13.9. The highest BCUT2D eigenvalue weighted by Crippen LogP contribution is 2.33. The van der Waals surface area contributed by atoms with Crippen LogP contribution in [-0.2, 0) is 16.0 Å². The molecule has 0 spiro atoms. The summed E-state index contributed by atoms with van der Waals surface area (Å²) in [6.45, 7) is 7.19. The van der Waals surface area contributed by atoms with Crippen molar-refractivity contribution < 1.29 is 14.3 Å². The summed E-state index contributed by atoms with van der Waals surface area (Å²) in [5.74, 6) is 0.852. The SMILES string of the molecule is CCCCOCC(=O)Nc1nc(N2CCN(C(=O)c3ccc(-c4ccccc4)cc3)CC2)c2cc(CC)sc2n1. The van der Waals surface area contributed by atoms with Gasteiger partial charge >= 0.3 is 0 Å². The Morgan fingerprint density at radius 1 is 0.950 bits per heavy atom. The lowest BCUT2D eigenvalue weighted by Gasteiger charge is -2.35. The lowest BCUT2D eigenvalue weighted by Crippen LogP contribution is -2.49. The number of fused-ring (bicyclic) bond motifs is 1. The molecule has 1 aliphatic heterocycles. The van der Waals surface area contributed by atoms with Crippen molar-refractivity contribution in [3.05, 3.63) is 71.1 Å². The molecule has 2 aromatic carbocycles. The van der Waals surface area contributed by atoms with Gasteiger partial charge in [0.1, 0.15) is 17.3 Å². The Kier molecular flexibility index (Phi) is 9.03. The molecule has 0 saturated carbocycles. The fourth-order valence-electron chi connectivity index (χ4n) is 4.74. The highest BCUT2D eigenvalue weighted by atomic mass is 32.1. The van der Waals surface area contributed by atoms with Gasteiger partial charge in [-0.25, -0.2) is 4.98 Å². The molecular weight excluding hydrogens is 522 g/mol. The Balaban J connectivity index is 1.27. The van der Waals surface area contributed by atoms with Gasteiger partial charge in [0.2, 0.25) is 5.95 Å². The van der Waals surface area contributed by atoms with Crippen LogP contribution < -0.4 is 10.2 Å². The average molecular weight is 558 g/mol. The lowest BCUT2D eigenvalue weighted by molar-refractivity contribution is -0.120. The number of rotatable bonds is 10. The second-order valence-corrected chi connectivity index (χ2v) is 10.9. The van der Waals surface area contributed by atoms with E-state index in [0.717, 1.165) is 46.4 Å². The predicted molar refractivity (Wildman–Crippen MR) is 161 cm³/mol. The van der Waals surface area contributed by atoms with Crippen LogP contribution >= 0.6 is 11.3 Å². The van der Waals surface area contributed by atoms with E-state index in [1.54, 1.807) is 11.3 Å². The van der Waals surface area contributed by atoms with E-state index in [9.17, 15) is 9.59 Å². The minimum absolute atomic E-state index is 0.0194. The molecule has 3 heterocycles. The second kappa shape index (κ2) is 13.0. The van der Waals surface area contributed by atoms with Crippen LogP contribution in [0.25, 0.3) is 21.3 Å². The van der Waals surface area contributed by atoms with Crippen molar-refractivity contribution >= 4 is 45.1 Å². The number of thiophene rings is 1. The number of hydrogen-bond acceptors (Lipinski definition) is 7. The van der Waals surface area contributed by atoms with Crippen molar-refractivity contribution in [2.24, 2.45) is 0 Å². The van der Waals surface area contributed by atoms with Gasteiger partial charge in [0.05, 0.1) is 5.39 Å². The van der Waals surface area contributed by atoms with Crippen LogP contribution in [0.5, 0.6) is 0 Å². The number of ether oxygens (including phenoxy) is 1. The van der Waals surface area contributed by atoms with Crippen molar-refractivity contribution in [2.75, 3.05) is 49.6 Å². The molecular formula is C31H35N5O3S. The molecule has 0 bridgehead atoms. The smallest absolute Gasteiger partial charge is 0.253 e. The molecule has 1 fully saturated rings. The molecule has 1 N–H and O–H groups in total. The predicted octanol–water partition coefficient (Wildman–Crippen LogP) is 5.64. The van der Waals surface area contributed by atoms with E-state index in [0.29, 0.717) is 38.3 Å². The van der Waals surface area contributed by atoms with Gasteiger partial charge in [-0.2, -0.15) is 4.98 Å². The van der Waals surface area contributed by atoms with Gasteiger partial charge in [-0.05, 0) is 42.2 Å². The summed E-state index contributed by atoms with van der Waals surface area (Å²) in [4.78, 5) is 41.2. The fraction of sp³-hybridized carbons (Fsp3) is 0.355. The number of amides is 2. The number of aromatic nitrogens is 2. The summed E-state index contributed by atoms with van der Waals surface area (Å²) < 4.78 is 5.45. The number of benzene rings is 2. The molecule has 1 aliphatic rings. The summed E-state index contributed by atoms with van der Waals surface area (Å²) in [5.41, 5.74) is 2.91. The zero-order valence-electron chi connectivity index (χ0n) is 23.1. The molecule has 4 aromatic rings. The Bertz CT molecular complexity index is 1450. The van der Waals surface area contributed by atoms with E-state index >= 15 is 0 Å². The molecule has 0 aliphatic carbocycles. The summed E-state index contributed by atoms with van der Waals surface area (Å²) in [7, 11) is 0. The first-order chi connectivity index (χ1) is 19.6. The largest absolute Gasteiger partial charge is 0.372 e. The monoisotopic (exact) mass is 557 g/mol. The van der Waals surface area contributed by atoms with Crippen LogP contribution in [0.15, 0.2) is 60.7 Å². The van der Waals surface area contributed by atoms with Gasteiger partial charge in [0.25, 0.3) is 11.8 Å². The number of carbonyl (C=O) groups is 2. The number of unbranched alkanes of at least 4 members (excludes halogenated alkanes) is 1. The topological polar surface area (TPSA) is 87.7 Å². The highest BCUT2D eigenvalue weighted by molar-refractivity contribution is 7.18. The highest BCUT2D eigenvalue weighted by Gasteiger charge is 2.25. The molecule has 208 valence electrons. The Morgan fingerprint density at radius 3 is 2.38 bits per heavy atom. The number of nitrogens with zero attached hydrogens (tertiary/aromatic N) is 4. The zero-order valence-corrected chi connectivity index (χ0v) is 23.9. The fourth-order valence-corrected chi connectivity index (χ4v) is 5.70. The second-order valence-electron chi connectivity index (χ2n) is 9.83. The minimum atomic E-state index is -0.262. The van der Waals surface area contributed by atoms with Crippen LogP contribution in [0.3, 0.4) is 0 Å². The Hall–Kier alpha value is -3.82. The molecule has 9 heteroatoms. The maximum absolute atomic E-state index is 13.3. The zero-order chi connectivity index (χ0) is 27.9. The standard InChI is InChI=1S/C31H35N5O3S/c1-3-5-19-39-21-27(37)32-31-33-28(26-20-25(4-2)40-29(26)34-31)35-15-17-36(18-16-35)30(38)24-13-11-23(12-14-24)22-9-7-6-8-10-22/h6-14,20H,3-5,15-19,21H2,1-2H3,(H,32,33,34,37). The number of aryl methyl sites for hydroxylation is 1. The summed E-state index contributed by atoms with van der Waals surface area (Å²) >= 11 is 1.62. The maximum Gasteiger partial charge on any atom is 0.253 e. The van der Waals surface area contributed by atoms with Crippen LogP contribution in [0, 0.1) is 0 Å². The third-order valence-electron chi connectivity index (χ3n) is 7.00. The summed E-state index contributed by atoms with van der Waals surface area (Å²) in [6, 6.07) is 20.1. The van der Waals surface area contributed by atoms with Crippen LogP contribution in [0.4, 0.5) is 11.8 Å². The average Bonchev–Trinajstić information content (AvgIpc) is 3.42. The van der Waals surface area contributed by atoms with Crippen LogP contribution in [0.1, 0.15) is 41.9 Å². The van der Waals surface area contributed by atoms with Crippen molar-refractivity contribution in [3.8, 4) is 11.1 Å². The molecule has 2 aromatic heterocycles. The minimum Gasteiger partial charge on any atom is -0.372 e. The van der Waals surface area contributed by atoms with Gasteiger partial charge in [-0.3, -0.25) is 14.9 Å². The van der Waals surface area contributed by atoms with Crippen molar-refractivity contribution in [1.29, 1.82) is 0 Å². The molecule has 0 radical (unpaired) electrons. The Morgan fingerprint density at radius 2 is 1.68 bits per heavy atom. The summed E-state index contributed by atoms with van der Waals surface area (Å²) in [6.07, 6.45) is 2.84. The Labute approximate surface area is 239 Å². The first kappa shape index (κ1) is 27.7. The van der Waals surface area contributed by atoms with Gasteiger partial charge in [0, 0.05) is 43.2 Å². The van der Waals surface area contributed by atoms with Gasteiger partial charge in [-0.1, -0.05) is 62.7 Å². The van der Waals surface area contributed by atoms with Crippen molar-refractivity contribution in [3.63, 3.8) is 0 Å². The number of anilines is 2. The van der Waals surface area contributed by atoms with E-state index in [1.807, 2.05) is 47.4 Å². The van der Waals surface area contributed by atoms with E-state index in [2.05, 4.69) is 47.2 Å². The molecule has 0 unspecified atom stereocenters. The molecule has 0 atom stereocenters. The van der Waals surface area contributed by atoms with E-state index in [1.165, 1.54) is 4.88 Å². The molecule has 8 nitrogen and oxygen atoms in total. The third kappa shape index (κ3) is 6.48. The van der Waals surface area contributed by atoms with E-state index < -0.39 is 0 Å². The van der Waals surface area contributed by atoms with E-state index in [4.69, 9.17) is 9.72 Å². The van der Waals surface area contributed by atoms with Crippen molar-refractivity contribution in [2.45, 2.75) is 33.1 Å². The van der Waals surface area contributed by atoms with Gasteiger partial charge < -0.3 is 14.5 Å². The number of hydrogen-bond donors (Lipinski definition) is 1.